The van der Waals surface area contributed by atoms with Crippen molar-refractivity contribution in [2.75, 3.05) is 32.8 Å². The summed E-state index contributed by atoms with van der Waals surface area (Å²) in [5.41, 5.74) is 1.18. The van der Waals surface area contributed by atoms with E-state index in [9.17, 15) is 9.59 Å². The smallest absolute Gasteiger partial charge is 0.225 e. The van der Waals surface area contributed by atoms with Crippen molar-refractivity contribution in [1.82, 2.24) is 9.80 Å². The van der Waals surface area contributed by atoms with E-state index in [2.05, 4.69) is 12.1 Å². The highest BCUT2D eigenvalue weighted by molar-refractivity contribution is 5.80. The second-order valence-corrected chi connectivity index (χ2v) is 8.89. The Hall–Kier alpha value is -2.86. The Morgan fingerprint density at radius 2 is 1.39 bits per heavy atom. The number of carbonyl (C=O) groups excluding carboxylic acids is 2. The van der Waals surface area contributed by atoms with Crippen molar-refractivity contribution in [3.8, 4) is 5.75 Å². The van der Waals surface area contributed by atoms with E-state index in [1.807, 2.05) is 58.3 Å². The molecule has 0 N–H and O–H groups in total. The molecule has 2 aromatic rings. The van der Waals surface area contributed by atoms with Gasteiger partial charge in [-0.1, -0.05) is 48.5 Å². The van der Waals surface area contributed by atoms with Crippen molar-refractivity contribution in [2.45, 2.75) is 44.8 Å². The third kappa shape index (κ3) is 6.81. The minimum absolute atomic E-state index is 0.0244. The van der Waals surface area contributed by atoms with Crippen LogP contribution in [0.1, 0.15) is 37.7 Å². The minimum atomic E-state index is 0.0244. The molecular formula is C27H34N2O4. The maximum absolute atomic E-state index is 13.0. The molecule has 6 heteroatoms. The first-order valence-corrected chi connectivity index (χ1v) is 12.1. The number of hydrogen-bond donors (Lipinski definition) is 0. The molecule has 0 bridgehead atoms. The molecule has 2 aromatic carbocycles. The van der Waals surface area contributed by atoms with Crippen molar-refractivity contribution < 1.29 is 19.1 Å². The van der Waals surface area contributed by atoms with Gasteiger partial charge in [-0.05, 0) is 43.4 Å². The number of amides is 2. The van der Waals surface area contributed by atoms with Crippen LogP contribution in [0.2, 0.25) is 0 Å². The zero-order chi connectivity index (χ0) is 22.9. The third-order valence-corrected chi connectivity index (χ3v) is 6.61. The zero-order valence-electron chi connectivity index (χ0n) is 19.2. The fraction of sp³-hybridized carbons (Fsp3) is 0.481. The Kier molecular flexibility index (Phi) is 8.36. The van der Waals surface area contributed by atoms with Gasteiger partial charge in [0, 0.05) is 32.1 Å². The highest BCUT2D eigenvalue weighted by Crippen LogP contribution is 2.23. The molecule has 2 saturated heterocycles. The summed E-state index contributed by atoms with van der Waals surface area (Å²) in [6.07, 6.45) is 3.84. The van der Waals surface area contributed by atoms with E-state index in [0.717, 1.165) is 44.5 Å². The summed E-state index contributed by atoms with van der Waals surface area (Å²) >= 11 is 0. The Labute approximate surface area is 196 Å². The number of piperidine rings is 2. The average molecular weight is 451 g/mol. The molecule has 2 aliphatic rings. The third-order valence-electron chi connectivity index (χ3n) is 6.61. The highest BCUT2D eigenvalue weighted by atomic mass is 16.5. The predicted molar refractivity (Wildman–Crippen MR) is 127 cm³/mol. The van der Waals surface area contributed by atoms with Crippen LogP contribution >= 0.6 is 0 Å². The molecule has 0 saturated carbocycles. The molecule has 6 nitrogen and oxygen atoms in total. The van der Waals surface area contributed by atoms with Crippen molar-refractivity contribution in [1.29, 1.82) is 0 Å². The number of carbonyl (C=O) groups is 2. The van der Waals surface area contributed by atoms with Crippen molar-refractivity contribution in [3.63, 3.8) is 0 Å². The molecule has 176 valence electrons. The van der Waals surface area contributed by atoms with Crippen LogP contribution in [0.15, 0.2) is 60.7 Å². The van der Waals surface area contributed by atoms with Crippen molar-refractivity contribution in [2.24, 2.45) is 5.92 Å². The van der Waals surface area contributed by atoms with Gasteiger partial charge in [-0.2, -0.15) is 0 Å². The van der Waals surface area contributed by atoms with E-state index < -0.39 is 0 Å². The summed E-state index contributed by atoms with van der Waals surface area (Å²) in [5.74, 6) is 1.16. The Morgan fingerprint density at radius 3 is 2.06 bits per heavy atom. The molecule has 33 heavy (non-hydrogen) atoms. The number of likely N-dealkylation sites (tertiary alicyclic amines) is 2. The number of ether oxygens (including phenoxy) is 2. The topological polar surface area (TPSA) is 59.1 Å². The fourth-order valence-electron chi connectivity index (χ4n) is 4.60. The van der Waals surface area contributed by atoms with Gasteiger partial charge in [0.25, 0.3) is 0 Å². The van der Waals surface area contributed by atoms with E-state index in [1.54, 1.807) is 0 Å². The van der Waals surface area contributed by atoms with Crippen LogP contribution < -0.4 is 4.74 Å². The van der Waals surface area contributed by atoms with Gasteiger partial charge >= 0.3 is 0 Å². The SMILES string of the molecule is O=C(CCOc1ccccc1)N1CCC(C(=O)N2CCC(OCc3ccccc3)CC2)CC1. The normalized spacial score (nSPS) is 17.7. The standard InChI is InChI=1S/C27H34N2O4/c30-26(15-20-32-24-9-5-2-6-10-24)28-16-11-23(12-17-28)27(31)29-18-13-25(14-19-29)33-21-22-7-3-1-4-8-22/h1-10,23,25H,11-21H2. The van der Waals surface area contributed by atoms with Gasteiger partial charge in [-0.3, -0.25) is 9.59 Å². The van der Waals surface area contributed by atoms with E-state index in [1.165, 1.54) is 5.56 Å². The maximum Gasteiger partial charge on any atom is 0.225 e. The molecule has 0 radical (unpaired) electrons. The molecule has 0 unspecified atom stereocenters. The Bertz CT molecular complexity index is 874. The van der Waals surface area contributed by atoms with Crippen LogP contribution in [-0.4, -0.2) is 60.5 Å². The van der Waals surface area contributed by atoms with Gasteiger partial charge < -0.3 is 19.3 Å². The Morgan fingerprint density at radius 1 is 0.788 bits per heavy atom. The van der Waals surface area contributed by atoms with Crippen LogP contribution in [0.4, 0.5) is 0 Å². The van der Waals surface area contributed by atoms with Crippen LogP contribution in [-0.2, 0) is 20.9 Å². The van der Waals surface area contributed by atoms with Crippen LogP contribution in [0.3, 0.4) is 0 Å². The molecule has 2 heterocycles. The molecular weight excluding hydrogens is 416 g/mol. The van der Waals surface area contributed by atoms with Crippen LogP contribution in [0, 0.1) is 5.92 Å². The van der Waals surface area contributed by atoms with E-state index in [-0.39, 0.29) is 23.8 Å². The summed E-state index contributed by atoms with van der Waals surface area (Å²) in [6.45, 7) is 3.82. The molecule has 2 fully saturated rings. The first-order chi connectivity index (χ1) is 16.2. The van der Waals surface area contributed by atoms with Gasteiger partial charge in [-0.25, -0.2) is 0 Å². The lowest BCUT2D eigenvalue weighted by molar-refractivity contribution is -0.143. The van der Waals surface area contributed by atoms with Crippen LogP contribution in [0.5, 0.6) is 5.75 Å². The molecule has 0 atom stereocenters. The largest absolute Gasteiger partial charge is 0.493 e. The number of rotatable bonds is 8. The fourth-order valence-corrected chi connectivity index (χ4v) is 4.60. The van der Waals surface area contributed by atoms with Crippen LogP contribution in [0.25, 0.3) is 0 Å². The molecule has 0 aliphatic carbocycles. The average Bonchev–Trinajstić information content (AvgIpc) is 2.88. The quantitative estimate of drug-likeness (QED) is 0.612. The first-order valence-electron chi connectivity index (χ1n) is 12.1. The summed E-state index contributed by atoms with van der Waals surface area (Å²) in [7, 11) is 0. The summed E-state index contributed by atoms with van der Waals surface area (Å²) < 4.78 is 11.7. The maximum atomic E-state index is 13.0. The van der Waals surface area contributed by atoms with Gasteiger partial charge in [0.2, 0.25) is 11.8 Å². The number of nitrogens with zero attached hydrogens (tertiary/aromatic N) is 2. The minimum Gasteiger partial charge on any atom is -0.493 e. The monoisotopic (exact) mass is 450 g/mol. The van der Waals surface area contributed by atoms with Gasteiger partial charge in [0.05, 0.1) is 25.7 Å². The lowest BCUT2D eigenvalue weighted by Crippen LogP contribution is -2.47. The lowest BCUT2D eigenvalue weighted by Gasteiger charge is -2.37. The van der Waals surface area contributed by atoms with Gasteiger partial charge in [-0.15, -0.1) is 0 Å². The van der Waals surface area contributed by atoms with E-state index >= 15 is 0 Å². The summed E-state index contributed by atoms with van der Waals surface area (Å²) in [5, 5.41) is 0. The zero-order valence-corrected chi connectivity index (χ0v) is 19.2. The summed E-state index contributed by atoms with van der Waals surface area (Å²) in [4.78, 5) is 29.4. The van der Waals surface area contributed by atoms with Gasteiger partial charge in [0.1, 0.15) is 5.75 Å². The lowest BCUT2D eigenvalue weighted by atomic mass is 9.94. The summed E-state index contributed by atoms with van der Waals surface area (Å²) in [6, 6.07) is 19.8. The van der Waals surface area contributed by atoms with E-state index in [0.29, 0.717) is 32.7 Å². The second kappa shape index (κ2) is 11.8. The second-order valence-electron chi connectivity index (χ2n) is 8.89. The van der Waals surface area contributed by atoms with Crippen molar-refractivity contribution >= 4 is 11.8 Å². The van der Waals surface area contributed by atoms with Gasteiger partial charge in [0.15, 0.2) is 0 Å². The Balaban J connectivity index is 1.13. The molecule has 0 aromatic heterocycles. The predicted octanol–water partition coefficient (Wildman–Crippen LogP) is 3.90. The molecule has 4 rings (SSSR count). The molecule has 2 amide bonds. The number of benzene rings is 2. The van der Waals surface area contributed by atoms with E-state index in [4.69, 9.17) is 9.47 Å². The first kappa shape index (κ1) is 23.3. The number of para-hydroxylation sites is 1. The molecule has 2 aliphatic heterocycles. The van der Waals surface area contributed by atoms with Crippen molar-refractivity contribution in [3.05, 3.63) is 66.2 Å². The number of hydrogen-bond acceptors (Lipinski definition) is 4. The highest BCUT2D eigenvalue weighted by Gasteiger charge is 2.32. The molecule has 0 spiro atoms.